The van der Waals surface area contributed by atoms with E-state index in [1.54, 1.807) is 0 Å². The second-order valence-corrected chi connectivity index (χ2v) is 5.83. The van der Waals surface area contributed by atoms with Gasteiger partial charge in [-0.2, -0.15) is 0 Å². The first-order valence-corrected chi connectivity index (χ1v) is 8.08. The van der Waals surface area contributed by atoms with E-state index in [-0.39, 0.29) is 6.61 Å². The van der Waals surface area contributed by atoms with Gasteiger partial charge in [-0.3, -0.25) is 24.0 Å². The lowest BCUT2D eigenvalue weighted by Crippen LogP contribution is -2.66. The molecule has 1 fully saturated rings. The van der Waals surface area contributed by atoms with Gasteiger partial charge in [0.25, 0.3) is 0 Å². The molecule has 0 unspecified atom stereocenters. The lowest BCUT2D eigenvalue weighted by molar-refractivity contribution is -0.270. The molecule has 1 rings (SSSR count). The molecule has 0 aromatic carbocycles. The van der Waals surface area contributed by atoms with Gasteiger partial charge in [-0.05, 0) is 0 Å². The van der Waals surface area contributed by atoms with E-state index < -0.39 is 60.4 Å². The highest BCUT2D eigenvalue weighted by atomic mass is 16.7. The fourth-order valence-corrected chi connectivity index (χ4v) is 2.55. The quantitative estimate of drug-likeness (QED) is 0.453. The molecule has 152 valence electrons. The second-order valence-electron chi connectivity index (χ2n) is 5.83. The first kappa shape index (κ1) is 22.4. The fourth-order valence-electron chi connectivity index (χ4n) is 2.55. The maximum absolute atomic E-state index is 11.6. The van der Waals surface area contributed by atoms with Crippen LogP contribution in [0.5, 0.6) is 0 Å². The van der Waals surface area contributed by atoms with Gasteiger partial charge in [0, 0.05) is 34.6 Å². The molecule has 0 radical (unpaired) electrons. The van der Waals surface area contributed by atoms with E-state index in [1.165, 1.54) is 6.92 Å². The minimum absolute atomic E-state index is 0.365. The lowest BCUT2D eigenvalue weighted by atomic mass is 9.96. The Labute approximate surface area is 155 Å². The Bertz CT molecular complexity index is 604. The normalized spacial score (nSPS) is 27.1. The molecule has 0 aromatic heterocycles. The molecule has 1 heterocycles. The highest BCUT2D eigenvalue weighted by Crippen LogP contribution is 2.28. The summed E-state index contributed by atoms with van der Waals surface area (Å²) in [5.74, 6) is -3.34. The summed E-state index contributed by atoms with van der Waals surface area (Å²) in [5.41, 5.74) is 0. The number of rotatable bonds is 6. The number of nitrogens with one attached hydrogen (secondary N) is 1. The Hall–Kier alpha value is -2.69. The first-order valence-electron chi connectivity index (χ1n) is 8.08. The molecule has 1 N–H and O–H groups in total. The zero-order valence-corrected chi connectivity index (χ0v) is 15.7. The lowest BCUT2D eigenvalue weighted by Gasteiger charge is -2.44. The molecule has 0 aliphatic carbocycles. The molecule has 1 aliphatic rings. The van der Waals surface area contributed by atoms with Crippen LogP contribution in [0.2, 0.25) is 0 Å². The average molecular weight is 389 g/mol. The van der Waals surface area contributed by atoms with Gasteiger partial charge < -0.3 is 29.0 Å². The number of hydrogen-bond donors (Lipinski definition) is 1. The van der Waals surface area contributed by atoms with Gasteiger partial charge in [-0.25, -0.2) is 0 Å². The molecule has 0 spiro atoms. The molecule has 0 aromatic rings. The molecule has 1 amide bonds. The standard InChI is InChI=1S/C16H23NO10/c1-7(18)17-13-15(25-10(4)21)14(24-9(3)20)12(6-23-8(2)19)27-16(13)26-11(5)22/h12-16H,6H2,1-5H3,(H,17,18)/t12-,13-,14+,15+,16+/m0/s1. The van der Waals surface area contributed by atoms with E-state index >= 15 is 0 Å². The molecular formula is C16H23NO10. The third kappa shape index (κ3) is 7.21. The van der Waals surface area contributed by atoms with Gasteiger partial charge in [0.1, 0.15) is 18.8 Å². The van der Waals surface area contributed by atoms with Crippen molar-refractivity contribution < 1.29 is 47.7 Å². The van der Waals surface area contributed by atoms with E-state index in [0.29, 0.717) is 0 Å². The summed E-state index contributed by atoms with van der Waals surface area (Å²) >= 11 is 0. The summed E-state index contributed by atoms with van der Waals surface area (Å²) in [6.45, 7) is 5.36. The van der Waals surface area contributed by atoms with Crippen molar-refractivity contribution in [2.45, 2.75) is 65.3 Å². The van der Waals surface area contributed by atoms with Crippen molar-refractivity contribution in [1.82, 2.24) is 5.32 Å². The topological polar surface area (TPSA) is 144 Å². The van der Waals surface area contributed by atoms with Crippen molar-refractivity contribution in [3.05, 3.63) is 0 Å². The van der Waals surface area contributed by atoms with Crippen molar-refractivity contribution in [2.24, 2.45) is 0 Å². The Morgan fingerprint density at radius 2 is 1.30 bits per heavy atom. The SMILES string of the molecule is CC(=O)N[C@@H]1[C@H](OC(C)=O)O[C@@H](COC(C)=O)[C@@H](OC(C)=O)[C@@H]1OC(C)=O. The van der Waals surface area contributed by atoms with Gasteiger partial charge in [0.2, 0.25) is 12.2 Å². The Kier molecular flexibility index (Phi) is 8.16. The number of ether oxygens (including phenoxy) is 5. The van der Waals surface area contributed by atoms with Gasteiger partial charge in [-0.1, -0.05) is 0 Å². The molecule has 27 heavy (non-hydrogen) atoms. The third-order valence-electron chi connectivity index (χ3n) is 3.35. The molecule has 1 aliphatic heterocycles. The van der Waals surface area contributed by atoms with E-state index in [1.807, 2.05) is 0 Å². The predicted octanol–water partition coefficient (Wildman–Crippen LogP) is -0.794. The number of hydrogen-bond acceptors (Lipinski definition) is 10. The summed E-state index contributed by atoms with van der Waals surface area (Å²) in [7, 11) is 0. The summed E-state index contributed by atoms with van der Waals surface area (Å²) in [6.07, 6.45) is -4.97. The molecule has 0 saturated carbocycles. The van der Waals surface area contributed by atoms with Gasteiger partial charge in [-0.15, -0.1) is 0 Å². The van der Waals surface area contributed by atoms with Crippen molar-refractivity contribution in [3.63, 3.8) is 0 Å². The van der Waals surface area contributed by atoms with Gasteiger partial charge in [0.15, 0.2) is 12.2 Å². The van der Waals surface area contributed by atoms with Gasteiger partial charge >= 0.3 is 23.9 Å². The largest absolute Gasteiger partial charge is 0.463 e. The zero-order valence-electron chi connectivity index (χ0n) is 15.7. The van der Waals surface area contributed by atoms with E-state index in [0.717, 1.165) is 27.7 Å². The maximum Gasteiger partial charge on any atom is 0.305 e. The maximum atomic E-state index is 11.6. The molecule has 5 atom stereocenters. The smallest absolute Gasteiger partial charge is 0.305 e. The number of esters is 4. The van der Waals surface area contributed by atoms with Crippen LogP contribution >= 0.6 is 0 Å². The van der Waals surface area contributed by atoms with Crippen LogP contribution in [0.3, 0.4) is 0 Å². The minimum Gasteiger partial charge on any atom is -0.463 e. The van der Waals surface area contributed by atoms with E-state index in [2.05, 4.69) is 5.32 Å². The number of carbonyl (C=O) groups excluding carboxylic acids is 5. The van der Waals surface area contributed by atoms with Crippen LogP contribution in [0.4, 0.5) is 0 Å². The van der Waals surface area contributed by atoms with Crippen LogP contribution in [-0.4, -0.2) is 67.0 Å². The summed E-state index contributed by atoms with van der Waals surface area (Å²) < 4.78 is 25.9. The average Bonchev–Trinajstić information content (AvgIpc) is 2.49. The first-order chi connectivity index (χ1) is 12.5. The predicted molar refractivity (Wildman–Crippen MR) is 85.8 cm³/mol. The second kappa shape index (κ2) is 9.86. The van der Waals surface area contributed by atoms with Crippen molar-refractivity contribution in [2.75, 3.05) is 6.61 Å². The summed E-state index contributed by atoms with van der Waals surface area (Å²) in [6, 6.07) is -1.16. The van der Waals surface area contributed by atoms with Crippen LogP contribution in [0.1, 0.15) is 34.6 Å². The third-order valence-corrected chi connectivity index (χ3v) is 3.35. The zero-order chi connectivity index (χ0) is 20.7. The van der Waals surface area contributed by atoms with Crippen molar-refractivity contribution in [1.29, 1.82) is 0 Å². The van der Waals surface area contributed by atoms with Crippen LogP contribution in [0, 0.1) is 0 Å². The van der Waals surface area contributed by atoms with Crippen molar-refractivity contribution >= 4 is 29.8 Å². The Morgan fingerprint density at radius 3 is 1.74 bits per heavy atom. The molecule has 1 saturated heterocycles. The van der Waals surface area contributed by atoms with E-state index in [4.69, 9.17) is 23.7 Å². The Morgan fingerprint density at radius 1 is 0.778 bits per heavy atom. The Balaban J connectivity index is 3.29. The van der Waals surface area contributed by atoms with Crippen LogP contribution in [0.25, 0.3) is 0 Å². The molecule has 11 heteroatoms. The summed E-state index contributed by atoms with van der Waals surface area (Å²) in [5, 5.41) is 2.46. The van der Waals surface area contributed by atoms with Crippen molar-refractivity contribution in [3.8, 4) is 0 Å². The van der Waals surface area contributed by atoms with E-state index in [9.17, 15) is 24.0 Å². The molecular weight excluding hydrogens is 366 g/mol. The van der Waals surface area contributed by atoms with Crippen LogP contribution < -0.4 is 5.32 Å². The van der Waals surface area contributed by atoms with Gasteiger partial charge in [0.05, 0.1) is 0 Å². The fraction of sp³-hybridized carbons (Fsp3) is 0.688. The monoisotopic (exact) mass is 389 g/mol. The molecule has 0 bridgehead atoms. The molecule has 11 nitrogen and oxygen atoms in total. The number of amides is 1. The summed E-state index contributed by atoms with van der Waals surface area (Å²) in [4.78, 5) is 57.2. The van der Waals surface area contributed by atoms with Crippen LogP contribution in [0.15, 0.2) is 0 Å². The number of carbonyl (C=O) groups is 5. The minimum atomic E-state index is -1.37. The van der Waals surface area contributed by atoms with Crippen LogP contribution in [-0.2, 0) is 47.7 Å². The highest BCUT2D eigenvalue weighted by molar-refractivity contribution is 5.74. The highest BCUT2D eigenvalue weighted by Gasteiger charge is 2.52.